The summed E-state index contributed by atoms with van der Waals surface area (Å²) in [4.78, 5) is 1.32. The van der Waals surface area contributed by atoms with Crippen LogP contribution in [0.1, 0.15) is 0 Å². The minimum atomic E-state index is 1.25. The summed E-state index contributed by atoms with van der Waals surface area (Å²) in [6, 6.07) is 73.3. The van der Waals surface area contributed by atoms with Gasteiger partial charge in [0.1, 0.15) is 0 Å². The van der Waals surface area contributed by atoms with E-state index in [0.717, 1.165) is 0 Å². The van der Waals surface area contributed by atoms with Crippen molar-refractivity contribution in [1.29, 1.82) is 0 Å². The van der Waals surface area contributed by atoms with Crippen LogP contribution in [0.2, 0.25) is 0 Å². The van der Waals surface area contributed by atoms with Crippen molar-refractivity contribution in [1.82, 2.24) is 0 Å². The van der Waals surface area contributed by atoms with Crippen LogP contribution < -0.4 is 0 Å². The van der Waals surface area contributed by atoms with E-state index in [1.165, 1.54) is 139 Å². The van der Waals surface area contributed by atoms with Crippen LogP contribution in [-0.2, 0) is 0 Å². The first-order chi connectivity index (χ1) is 29.7. The third kappa shape index (κ3) is 4.60. The summed E-state index contributed by atoms with van der Waals surface area (Å²) < 4.78 is 3.97. The first kappa shape index (κ1) is 32.8. The van der Waals surface area contributed by atoms with E-state index in [9.17, 15) is 0 Å². The fraction of sp³-hybridized carbons (Fsp3) is 0. The van der Waals surface area contributed by atoms with Crippen LogP contribution in [0.15, 0.2) is 194 Å². The summed E-state index contributed by atoms with van der Waals surface area (Å²) in [5, 5.41) is 19.8. The second-order valence-corrected chi connectivity index (χ2v) is 18.5. The summed E-state index contributed by atoms with van der Waals surface area (Å²) in [5.41, 5.74) is 8.92. The lowest BCUT2D eigenvalue weighted by Gasteiger charge is -2.16. The van der Waals surface area contributed by atoms with E-state index >= 15 is 0 Å². The molecule has 0 bridgehead atoms. The van der Waals surface area contributed by atoms with Gasteiger partial charge in [0.2, 0.25) is 0 Å². The quantitative estimate of drug-likeness (QED) is 0.156. The zero-order chi connectivity index (χ0) is 39.1. The highest BCUT2D eigenvalue weighted by atomic mass is 32.1. The number of hydrogen-bond donors (Lipinski definition) is 0. The maximum absolute atomic E-state index is 2.45. The molecule has 2 heterocycles. The molecule has 0 nitrogen and oxygen atoms in total. The first-order valence-corrected chi connectivity index (χ1v) is 22.3. The molecule has 0 spiro atoms. The molecule has 276 valence electrons. The molecule has 0 aliphatic rings. The van der Waals surface area contributed by atoms with Crippen molar-refractivity contribution in [3.63, 3.8) is 0 Å². The van der Waals surface area contributed by atoms with E-state index in [-0.39, 0.29) is 0 Å². The van der Waals surface area contributed by atoms with Crippen LogP contribution >= 0.6 is 22.7 Å². The van der Waals surface area contributed by atoms with E-state index < -0.39 is 0 Å². The summed E-state index contributed by atoms with van der Waals surface area (Å²) in [5.74, 6) is 0. The maximum atomic E-state index is 2.45. The Morgan fingerprint density at radius 1 is 0.233 bits per heavy atom. The molecule has 2 aromatic heterocycles. The fourth-order valence-corrected chi connectivity index (χ4v) is 12.6. The monoisotopic (exact) mass is 792 g/mol. The lowest BCUT2D eigenvalue weighted by atomic mass is 9.87. The van der Waals surface area contributed by atoms with Crippen molar-refractivity contribution < 1.29 is 0 Å². The van der Waals surface area contributed by atoms with Crippen LogP contribution in [0.4, 0.5) is 0 Å². The average molecular weight is 793 g/mol. The van der Waals surface area contributed by atoms with Crippen LogP contribution in [0, 0.1) is 0 Å². The number of hydrogen-bond acceptors (Lipinski definition) is 2. The van der Waals surface area contributed by atoms with Crippen molar-refractivity contribution in [2.24, 2.45) is 0 Å². The van der Waals surface area contributed by atoms with Crippen LogP contribution in [0.25, 0.3) is 139 Å². The minimum Gasteiger partial charge on any atom is -0.135 e. The lowest BCUT2D eigenvalue weighted by molar-refractivity contribution is 1.66. The summed E-state index contributed by atoms with van der Waals surface area (Å²) in [7, 11) is 0. The molecule has 2 heteroatoms. The minimum absolute atomic E-state index is 1.25. The molecule has 0 saturated carbocycles. The van der Waals surface area contributed by atoms with Gasteiger partial charge in [-0.15, -0.1) is 22.7 Å². The van der Waals surface area contributed by atoms with Gasteiger partial charge in [-0.2, -0.15) is 0 Å². The van der Waals surface area contributed by atoms with Gasteiger partial charge in [-0.3, -0.25) is 0 Å². The van der Waals surface area contributed by atoms with Crippen LogP contribution in [-0.4, -0.2) is 0 Å². The molecule has 0 amide bonds. The van der Waals surface area contributed by atoms with E-state index in [1.54, 1.807) is 0 Å². The molecule has 60 heavy (non-hydrogen) atoms. The smallest absolute Gasteiger partial charge is 0.0361 e. The van der Waals surface area contributed by atoms with Gasteiger partial charge in [0.25, 0.3) is 0 Å². The standard InChI is InChI=1S/C58H32S2/c1-2-6-33(7-3-1)41-20-10-34-15-25-46-42(21-11-35-14-24-45(41)55(34)56(35)46)38-18-28-52-49(30-38)50-31-39(19-29-53(50)60-52)43-22-12-36-17-27-48-44(54-32-40-8-4-5-9-51(40)59-54)23-13-37-16-26-47(43)57(36)58(37)48/h1-32H. The Morgan fingerprint density at radius 2 is 0.667 bits per heavy atom. The van der Waals surface area contributed by atoms with E-state index in [1.807, 2.05) is 22.7 Å². The largest absolute Gasteiger partial charge is 0.135 e. The van der Waals surface area contributed by atoms with Gasteiger partial charge in [0.05, 0.1) is 0 Å². The Morgan fingerprint density at radius 3 is 1.18 bits per heavy atom. The van der Waals surface area contributed by atoms with Gasteiger partial charge in [0, 0.05) is 29.7 Å². The topological polar surface area (TPSA) is 0 Å². The van der Waals surface area contributed by atoms with Crippen molar-refractivity contribution in [2.45, 2.75) is 0 Å². The Kier molecular flexibility index (Phi) is 6.68. The Labute approximate surface area is 353 Å². The van der Waals surface area contributed by atoms with Crippen LogP contribution in [0.3, 0.4) is 0 Å². The summed E-state index contributed by atoms with van der Waals surface area (Å²) in [6.45, 7) is 0. The van der Waals surface area contributed by atoms with Crippen LogP contribution in [0.5, 0.6) is 0 Å². The third-order valence-corrected chi connectivity index (χ3v) is 15.5. The van der Waals surface area contributed by atoms with Gasteiger partial charge in [0.15, 0.2) is 0 Å². The Balaban J connectivity index is 0.931. The summed E-state index contributed by atoms with van der Waals surface area (Å²) >= 11 is 3.78. The molecule has 0 unspecified atom stereocenters. The van der Waals surface area contributed by atoms with Crippen molar-refractivity contribution in [3.05, 3.63) is 194 Å². The molecular formula is C58H32S2. The number of benzene rings is 12. The first-order valence-electron chi connectivity index (χ1n) is 20.6. The Bertz CT molecular complexity index is 4020. The molecule has 0 aliphatic heterocycles. The SMILES string of the molecule is c1ccc(-c2ccc3ccc4c(-c5ccc6sc7ccc(-c8ccc9ccc%10c(-c%11cc%12ccccc%12s%11)ccc%11ccc8c9c%11%10)cc7c6c5)ccc5ccc2c3c54)cc1. The van der Waals surface area contributed by atoms with Crippen molar-refractivity contribution >= 4 is 118 Å². The normalized spacial score (nSPS) is 12.3. The van der Waals surface area contributed by atoms with E-state index in [2.05, 4.69) is 194 Å². The molecular weight excluding hydrogens is 761 g/mol. The molecule has 0 saturated heterocycles. The Hall–Kier alpha value is -7.10. The van der Waals surface area contributed by atoms with Crippen molar-refractivity contribution in [2.75, 3.05) is 0 Å². The molecule has 0 radical (unpaired) electrons. The molecule has 0 atom stereocenters. The second-order valence-electron chi connectivity index (χ2n) is 16.3. The predicted molar refractivity (Wildman–Crippen MR) is 264 cm³/mol. The molecule has 0 aliphatic carbocycles. The van der Waals surface area contributed by atoms with Gasteiger partial charge in [-0.25, -0.2) is 0 Å². The highest BCUT2D eigenvalue weighted by Crippen LogP contribution is 2.47. The van der Waals surface area contributed by atoms with Gasteiger partial charge >= 0.3 is 0 Å². The molecule has 0 N–H and O–H groups in total. The zero-order valence-electron chi connectivity index (χ0n) is 32.3. The molecule has 14 rings (SSSR count). The van der Waals surface area contributed by atoms with Gasteiger partial charge in [-0.05, 0) is 145 Å². The summed E-state index contributed by atoms with van der Waals surface area (Å²) in [6.07, 6.45) is 0. The van der Waals surface area contributed by atoms with E-state index in [0.29, 0.717) is 0 Å². The predicted octanol–water partition coefficient (Wildman–Crippen LogP) is 17.7. The van der Waals surface area contributed by atoms with E-state index in [4.69, 9.17) is 0 Å². The second kappa shape index (κ2) is 12.2. The molecule has 0 fully saturated rings. The third-order valence-electron chi connectivity index (χ3n) is 13.2. The average Bonchev–Trinajstić information content (AvgIpc) is 3.91. The lowest BCUT2D eigenvalue weighted by Crippen LogP contribution is -1.89. The zero-order valence-corrected chi connectivity index (χ0v) is 33.9. The fourth-order valence-electron chi connectivity index (χ4n) is 10.4. The van der Waals surface area contributed by atoms with Crippen molar-refractivity contribution in [3.8, 4) is 43.8 Å². The maximum Gasteiger partial charge on any atom is 0.0361 e. The number of fused-ring (bicyclic) bond motifs is 4. The number of rotatable bonds is 4. The number of thiophene rings is 2. The van der Waals surface area contributed by atoms with Gasteiger partial charge in [-0.1, -0.05) is 158 Å². The molecule has 14 aromatic rings. The highest BCUT2D eigenvalue weighted by molar-refractivity contribution is 7.25. The van der Waals surface area contributed by atoms with Gasteiger partial charge < -0.3 is 0 Å². The molecule has 12 aromatic carbocycles. The highest BCUT2D eigenvalue weighted by Gasteiger charge is 2.19.